The molecule has 2 saturated heterocycles. The highest BCUT2D eigenvalue weighted by Gasteiger charge is 2.48. The van der Waals surface area contributed by atoms with Crippen LogP contribution in [0.1, 0.15) is 72.5 Å². The first-order chi connectivity index (χ1) is 20.3. The highest BCUT2D eigenvalue weighted by Crippen LogP contribution is 2.32. The zero-order valence-corrected chi connectivity index (χ0v) is 25.9. The van der Waals surface area contributed by atoms with Gasteiger partial charge in [-0.15, -0.1) is 0 Å². The summed E-state index contributed by atoms with van der Waals surface area (Å²) in [6, 6.07) is 11.1. The summed E-state index contributed by atoms with van der Waals surface area (Å²) < 4.78 is 52.3. The summed E-state index contributed by atoms with van der Waals surface area (Å²) in [5, 5.41) is 6.57. The number of nitrogens with two attached hydrogens (primary N) is 1. The molecule has 2 heterocycles. The molecule has 2 aromatic carbocycles. The molecule has 0 aromatic heterocycles. The minimum Gasteiger partial charge on any atom is -0.351 e. The summed E-state index contributed by atoms with van der Waals surface area (Å²) in [7, 11) is 0.424. The van der Waals surface area contributed by atoms with E-state index in [9.17, 15) is 27.0 Å². The van der Waals surface area contributed by atoms with Gasteiger partial charge in [0.25, 0.3) is 0 Å². The van der Waals surface area contributed by atoms with Gasteiger partial charge in [-0.25, -0.2) is 13.3 Å². The van der Waals surface area contributed by atoms with Crippen LogP contribution in [-0.4, -0.2) is 58.1 Å². The molecule has 2 atom stereocenters. The van der Waals surface area contributed by atoms with E-state index in [0.29, 0.717) is 57.4 Å². The fourth-order valence-electron chi connectivity index (χ4n) is 6.02. The Hall–Kier alpha value is -2.96. The number of hydrogen-bond donors (Lipinski definition) is 3. The van der Waals surface area contributed by atoms with Gasteiger partial charge in [0.1, 0.15) is 11.7 Å². The largest absolute Gasteiger partial charge is 0.389 e. The number of urea groups is 1. The second-order valence-corrected chi connectivity index (χ2v) is 13.3. The van der Waals surface area contributed by atoms with Crippen LogP contribution < -0.4 is 21.3 Å². The maximum absolute atomic E-state index is 13.2. The van der Waals surface area contributed by atoms with E-state index in [-0.39, 0.29) is 18.5 Å². The van der Waals surface area contributed by atoms with Gasteiger partial charge in [-0.3, -0.25) is 15.0 Å². The van der Waals surface area contributed by atoms with Crippen molar-refractivity contribution in [1.82, 2.24) is 14.9 Å². The smallest absolute Gasteiger partial charge is 0.351 e. The van der Waals surface area contributed by atoms with Crippen molar-refractivity contribution in [3.05, 3.63) is 64.2 Å². The molecule has 2 aromatic rings. The van der Waals surface area contributed by atoms with Gasteiger partial charge < -0.3 is 11.1 Å². The first-order valence-corrected chi connectivity index (χ1v) is 16.1. The van der Waals surface area contributed by atoms with Crippen molar-refractivity contribution in [2.75, 3.05) is 30.8 Å². The topological polar surface area (TPSA) is 108 Å². The lowest BCUT2D eigenvalue weighted by Gasteiger charge is -2.37. The Balaban J connectivity index is 1.28. The average Bonchev–Trinajstić information content (AvgIpc) is 3.26. The number of alkyl halides is 3. The van der Waals surface area contributed by atoms with E-state index in [0.717, 1.165) is 33.5 Å². The number of primary amides is 1. The molecular formula is C31H42F3N5O3S. The standard InChI is InChI=1S/C31H42F3N5O3S/c1-21-18-25(38(3)29(35)41)19-22(2)26(21)11-17-43(42)39-15-13-30(14-16-39)28(40)36-27(37-30)24-10-7-9-23(20-24)8-5-4-6-12-31(32,33)34/h7,9-10,18-20,27,37H,4-6,8,11-17H2,1-3H3,(H2,35,41)(H,36,40). The molecule has 4 rings (SSSR count). The molecule has 0 aliphatic carbocycles. The van der Waals surface area contributed by atoms with Gasteiger partial charge in [0.2, 0.25) is 5.91 Å². The molecule has 0 bridgehead atoms. The molecular weight excluding hydrogens is 579 g/mol. The number of anilines is 1. The number of unbranched alkanes of at least 4 members (excludes halogenated alkanes) is 2. The number of carbonyl (C=O) groups is 2. The molecule has 2 fully saturated rings. The number of nitrogens with zero attached hydrogens (tertiary/aromatic N) is 2. The summed E-state index contributed by atoms with van der Waals surface area (Å²) in [6.07, 6.45) is -1.49. The molecule has 12 heteroatoms. The number of nitrogens with one attached hydrogen (secondary N) is 2. The number of amides is 3. The third kappa shape index (κ3) is 8.36. The third-order valence-electron chi connectivity index (χ3n) is 8.63. The van der Waals surface area contributed by atoms with Crippen molar-refractivity contribution in [2.24, 2.45) is 5.73 Å². The van der Waals surface area contributed by atoms with Gasteiger partial charge in [-0.2, -0.15) is 13.2 Å². The summed E-state index contributed by atoms with van der Waals surface area (Å²) in [5.74, 6) is 0.401. The van der Waals surface area contributed by atoms with Crippen LogP contribution in [-0.2, 0) is 28.6 Å². The van der Waals surface area contributed by atoms with Crippen LogP contribution in [0.2, 0.25) is 0 Å². The monoisotopic (exact) mass is 621 g/mol. The Bertz CT molecular complexity index is 1320. The molecule has 236 valence electrons. The fourth-order valence-corrected chi connectivity index (χ4v) is 7.25. The average molecular weight is 622 g/mol. The van der Waals surface area contributed by atoms with E-state index < -0.39 is 35.2 Å². The molecule has 2 unspecified atom stereocenters. The van der Waals surface area contributed by atoms with Gasteiger partial charge in [-0.05, 0) is 92.3 Å². The molecule has 4 N–H and O–H groups in total. The third-order valence-corrected chi connectivity index (χ3v) is 10.1. The van der Waals surface area contributed by atoms with Gasteiger partial charge in [-0.1, -0.05) is 30.7 Å². The zero-order valence-electron chi connectivity index (χ0n) is 25.1. The Morgan fingerprint density at radius 2 is 1.77 bits per heavy atom. The van der Waals surface area contributed by atoms with Crippen LogP contribution in [0.25, 0.3) is 0 Å². The van der Waals surface area contributed by atoms with Gasteiger partial charge in [0.05, 0.1) is 11.0 Å². The number of aryl methyl sites for hydroxylation is 3. The van der Waals surface area contributed by atoms with Crippen molar-refractivity contribution < 1.29 is 27.0 Å². The van der Waals surface area contributed by atoms with E-state index in [2.05, 4.69) is 10.6 Å². The molecule has 2 aliphatic heterocycles. The highest BCUT2D eigenvalue weighted by molar-refractivity contribution is 7.82. The molecule has 1 spiro atoms. The van der Waals surface area contributed by atoms with E-state index >= 15 is 0 Å². The van der Waals surface area contributed by atoms with Crippen molar-refractivity contribution in [1.29, 1.82) is 0 Å². The molecule has 0 saturated carbocycles. The molecule has 0 radical (unpaired) electrons. The van der Waals surface area contributed by atoms with Crippen LogP contribution in [0, 0.1) is 13.8 Å². The Morgan fingerprint density at radius 3 is 2.40 bits per heavy atom. The van der Waals surface area contributed by atoms with Gasteiger partial charge in [0.15, 0.2) is 0 Å². The number of rotatable bonds is 11. The van der Waals surface area contributed by atoms with E-state index in [1.54, 1.807) is 7.05 Å². The number of halogens is 3. The quantitative estimate of drug-likeness (QED) is 0.309. The fraction of sp³-hybridized carbons (Fsp3) is 0.548. The van der Waals surface area contributed by atoms with Crippen molar-refractivity contribution in [3.63, 3.8) is 0 Å². The molecule has 43 heavy (non-hydrogen) atoms. The lowest BCUT2D eigenvalue weighted by atomic mass is 9.88. The van der Waals surface area contributed by atoms with Gasteiger partial charge >= 0.3 is 12.2 Å². The van der Waals surface area contributed by atoms with Crippen LogP contribution in [0.3, 0.4) is 0 Å². The predicted molar refractivity (Wildman–Crippen MR) is 163 cm³/mol. The van der Waals surface area contributed by atoms with Crippen molar-refractivity contribution in [2.45, 2.75) is 83.1 Å². The van der Waals surface area contributed by atoms with E-state index in [1.807, 2.05) is 54.6 Å². The van der Waals surface area contributed by atoms with E-state index in [1.165, 1.54) is 4.90 Å². The summed E-state index contributed by atoms with van der Waals surface area (Å²) >= 11 is 0. The maximum Gasteiger partial charge on any atom is 0.389 e. The minimum atomic E-state index is -4.11. The maximum atomic E-state index is 13.2. The second-order valence-electron chi connectivity index (χ2n) is 11.7. The van der Waals surface area contributed by atoms with Gasteiger partial charge in [0, 0.05) is 38.0 Å². The van der Waals surface area contributed by atoms with Crippen molar-refractivity contribution in [3.8, 4) is 0 Å². The number of benzene rings is 2. The molecule has 3 amide bonds. The van der Waals surface area contributed by atoms with Crippen LogP contribution >= 0.6 is 0 Å². The number of hydrogen-bond acceptors (Lipinski definition) is 4. The number of piperidine rings is 1. The zero-order chi connectivity index (χ0) is 31.4. The highest BCUT2D eigenvalue weighted by atomic mass is 32.2. The predicted octanol–water partition coefficient (Wildman–Crippen LogP) is 4.94. The number of carbonyl (C=O) groups excluding carboxylic acids is 2. The normalized spacial score (nSPS) is 19.4. The minimum absolute atomic E-state index is 0.0623. The van der Waals surface area contributed by atoms with Crippen LogP contribution in [0.4, 0.5) is 23.7 Å². The summed E-state index contributed by atoms with van der Waals surface area (Å²) in [6.45, 7) is 5.00. The lowest BCUT2D eigenvalue weighted by molar-refractivity contribution is -0.135. The Morgan fingerprint density at radius 1 is 1.09 bits per heavy atom. The van der Waals surface area contributed by atoms with Crippen LogP contribution in [0.5, 0.6) is 0 Å². The SMILES string of the molecule is Cc1cc(N(C)C(N)=O)cc(C)c1CCS(=O)N1CCC2(CC1)NC(c1cccc(CCCCCC(F)(F)F)c1)NC2=O. The first kappa shape index (κ1) is 32.9. The Labute approximate surface area is 254 Å². The summed E-state index contributed by atoms with van der Waals surface area (Å²) in [5.41, 5.74) is 10.5. The second kappa shape index (κ2) is 13.8. The van der Waals surface area contributed by atoms with Crippen LogP contribution in [0.15, 0.2) is 36.4 Å². The van der Waals surface area contributed by atoms with E-state index in [4.69, 9.17) is 5.73 Å². The summed E-state index contributed by atoms with van der Waals surface area (Å²) in [4.78, 5) is 26.1. The lowest BCUT2D eigenvalue weighted by Crippen LogP contribution is -2.55. The molecule has 2 aliphatic rings. The Kier molecular flexibility index (Phi) is 10.6. The molecule has 8 nitrogen and oxygen atoms in total. The first-order valence-electron chi connectivity index (χ1n) is 14.8. The van der Waals surface area contributed by atoms with Crippen molar-refractivity contribution >= 4 is 28.6 Å².